The Kier molecular flexibility index (Phi) is 6.51. The van der Waals surface area contributed by atoms with Crippen LogP contribution in [0.25, 0.3) is 11.3 Å². The van der Waals surface area contributed by atoms with Crippen molar-refractivity contribution in [2.45, 2.75) is 0 Å². The SMILES string of the molecule is COC(=O)c1sc(N/N=C\c2cc(Cl)c(OC)c(Cl)c2)nc1-c1ccccc1. The topological polar surface area (TPSA) is 72.8 Å². The van der Waals surface area contributed by atoms with E-state index in [0.29, 0.717) is 37.1 Å². The van der Waals surface area contributed by atoms with E-state index in [1.54, 1.807) is 18.3 Å². The van der Waals surface area contributed by atoms with Gasteiger partial charge in [0.2, 0.25) is 5.13 Å². The maximum absolute atomic E-state index is 12.1. The molecule has 0 saturated carbocycles. The lowest BCUT2D eigenvalue weighted by molar-refractivity contribution is 0.0607. The molecular formula is C19H15Cl2N3O3S. The zero-order valence-corrected chi connectivity index (χ0v) is 17.2. The standard InChI is InChI=1S/C19H15Cl2N3O3S/c1-26-16-13(20)8-11(9-14(16)21)10-22-24-19-23-15(12-6-4-3-5-7-12)17(28-19)18(25)27-2/h3-10H,1-2H3,(H,23,24)/b22-10-. The van der Waals surface area contributed by atoms with E-state index in [2.05, 4.69) is 15.5 Å². The fourth-order valence-corrected chi connectivity index (χ4v) is 3.92. The Morgan fingerprint density at radius 2 is 1.86 bits per heavy atom. The molecule has 0 unspecified atom stereocenters. The number of ether oxygens (including phenoxy) is 2. The van der Waals surface area contributed by atoms with Crippen LogP contribution >= 0.6 is 34.5 Å². The Bertz CT molecular complexity index is 1000. The predicted octanol–water partition coefficient (Wildman–Crippen LogP) is 5.36. The molecule has 6 nitrogen and oxygen atoms in total. The van der Waals surface area contributed by atoms with Gasteiger partial charge in [-0.05, 0) is 17.7 Å². The number of benzene rings is 2. The van der Waals surface area contributed by atoms with Gasteiger partial charge in [-0.15, -0.1) is 0 Å². The van der Waals surface area contributed by atoms with Gasteiger partial charge in [0, 0.05) is 5.56 Å². The molecule has 0 bridgehead atoms. The van der Waals surface area contributed by atoms with Crippen LogP contribution < -0.4 is 10.2 Å². The quantitative estimate of drug-likeness (QED) is 0.320. The highest BCUT2D eigenvalue weighted by atomic mass is 35.5. The summed E-state index contributed by atoms with van der Waals surface area (Å²) in [6, 6.07) is 12.7. The number of carbonyl (C=O) groups excluding carboxylic acids is 1. The first-order valence-electron chi connectivity index (χ1n) is 8.00. The van der Waals surface area contributed by atoms with E-state index >= 15 is 0 Å². The number of nitrogens with zero attached hydrogens (tertiary/aromatic N) is 2. The summed E-state index contributed by atoms with van der Waals surface area (Å²) in [6.07, 6.45) is 1.54. The number of hydrazone groups is 1. The van der Waals surface area contributed by atoms with Crippen molar-refractivity contribution in [1.82, 2.24) is 4.98 Å². The molecule has 144 valence electrons. The maximum atomic E-state index is 12.1. The largest absolute Gasteiger partial charge is 0.494 e. The highest BCUT2D eigenvalue weighted by Crippen LogP contribution is 2.34. The molecule has 0 atom stereocenters. The fraction of sp³-hybridized carbons (Fsp3) is 0.105. The number of thiazole rings is 1. The van der Waals surface area contributed by atoms with Crippen LogP contribution in [-0.2, 0) is 4.74 Å². The number of halogens is 2. The van der Waals surface area contributed by atoms with Gasteiger partial charge in [0.15, 0.2) is 5.75 Å². The Hall–Kier alpha value is -2.61. The average molecular weight is 436 g/mol. The second kappa shape index (κ2) is 9.05. The first kappa shape index (κ1) is 20.1. The normalized spacial score (nSPS) is 10.9. The first-order chi connectivity index (χ1) is 13.5. The number of rotatable bonds is 6. The van der Waals surface area contributed by atoms with Crippen LogP contribution in [0.1, 0.15) is 15.2 Å². The monoisotopic (exact) mass is 435 g/mol. The van der Waals surface area contributed by atoms with E-state index in [0.717, 1.165) is 16.9 Å². The molecule has 0 aliphatic carbocycles. The van der Waals surface area contributed by atoms with Gasteiger partial charge in [-0.2, -0.15) is 5.10 Å². The lowest BCUT2D eigenvalue weighted by Crippen LogP contribution is -2.00. The average Bonchev–Trinajstić information content (AvgIpc) is 3.12. The van der Waals surface area contributed by atoms with Crippen LogP contribution in [0, 0.1) is 0 Å². The molecule has 1 heterocycles. The smallest absolute Gasteiger partial charge is 0.350 e. The van der Waals surface area contributed by atoms with Crippen LogP contribution in [0.5, 0.6) is 5.75 Å². The summed E-state index contributed by atoms with van der Waals surface area (Å²) in [7, 11) is 2.83. The zero-order valence-electron chi connectivity index (χ0n) is 14.9. The molecule has 0 aliphatic heterocycles. The minimum absolute atomic E-state index is 0.380. The van der Waals surface area contributed by atoms with Crippen LogP contribution in [0.15, 0.2) is 47.6 Å². The number of hydrogen-bond acceptors (Lipinski definition) is 7. The van der Waals surface area contributed by atoms with E-state index in [-0.39, 0.29) is 0 Å². The van der Waals surface area contributed by atoms with Gasteiger partial charge in [0.1, 0.15) is 4.88 Å². The Morgan fingerprint density at radius 1 is 1.18 bits per heavy atom. The molecule has 0 saturated heterocycles. The van der Waals surface area contributed by atoms with Gasteiger partial charge in [-0.25, -0.2) is 9.78 Å². The van der Waals surface area contributed by atoms with E-state index in [1.165, 1.54) is 14.2 Å². The molecule has 28 heavy (non-hydrogen) atoms. The number of anilines is 1. The Labute approximate surface area is 175 Å². The molecule has 0 spiro atoms. The summed E-state index contributed by atoms with van der Waals surface area (Å²) in [4.78, 5) is 16.9. The summed E-state index contributed by atoms with van der Waals surface area (Å²) >= 11 is 13.4. The highest BCUT2D eigenvalue weighted by molar-refractivity contribution is 7.17. The van der Waals surface area contributed by atoms with Crippen molar-refractivity contribution in [2.75, 3.05) is 19.6 Å². The Balaban J connectivity index is 1.84. The lowest BCUT2D eigenvalue weighted by Gasteiger charge is -2.06. The van der Waals surface area contributed by atoms with Gasteiger partial charge in [0.05, 0.1) is 36.2 Å². The summed E-state index contributed by atoms with van der Waals surface area (Å²) in [6.45, 7) is 0. The molecule has 9 heteroatoms. The number of carbonyl (C=O) groups is 1. The summed E-state index contributed by atoms with van der Waals surface area (Å²) in [5.41, 5.74) is 4.84. The minimum Gasteiger partial charge on any atom is -0.494 e. The van der Waals surface area contributed by atoms with Crippen LogP contribution in [0.3, 0.4) is 0 Å². The summed E-state index contributed by atoms with van der Waals surface area (Å²) in [5.74, 6) is -0.0503. The molecule has 0 fully saturated rings. The summed E-state index contributed by atoms with van der Waals surface area (Å²) in [5, 5.41) is 5.35. The zero-order chi connectivity index (χ0) is 20.1. The van der Waals surface area contributed by atoms with Gasteiger partial charge >= 0.3 is 5.97 Å². The molecule has 1 aromatic heterocycles. The second-order valence-corrected chi connectivity index (χ2v) is 7.26. The molecule has 0 amide bonds. The first-order valence-corrected chi connectivity index (χ1v) is 9.57. The fourth-order valence-electron chi connectivity index (χ4n) is 2.40. The van der Waals surface area contributed by atoms with Gasteiger partial charge < -0.3 is 9.47 Å². The van der Waals surface area contributed by atoms with Crippen LogP contribution in [-0.4, -0.2) is 31.4 Å². The van der Waals surface area contributed by atoms with Crippen molar-refractivity contribution in [2.24, 2.45) is 5.10 Å². The molecule has 3 rings (SSSR count). The van der Waals surface area contributed by atoms with Crippen molar-refractivity contribution in [3.63, 3.8) is 0 Å². The number of aromatic nitrogens is 1. The number of methoxy groups -OCH3 is 2. The van der Waals surface area contributed by atoms with Gasteiger partial charge in [0.25, 0.3) is 0 Å². The highest BCUT2D eigenvalue weighted by Gasteiger charge is 2.20. The third kappa shape index (κ3) is 4.44. The minimum atomic E-state index is -0.456. The number of esters is 1. The van der Waals surface area contributed by atoms with Gasteiger partial charge in [-0.3, -0.25) is 5.43 Å². The second-order valence-electron chi connectivity index (χ2n) is 5.44. The Morgan fingerprint density at radius 3 is 2.46 bits per heavy atom. The van der Waals surface area contributed by atoms with Gasteiger partial charge in [-0.1, -0.05) is 64.9 Å². The number of nitrogens with one attached hydrogen (secondary N) is 1. The van der Waals surface area contributed by atoms with E-state index < -0.39 is 5.97 Å². The van der Waals surface area contributed by atoms with Crippen molar-refractivity contribution < 1.29 is 14.3 Å². The molecule has 2 aromatic carbocycles. The molecule has 0 radical (unpaired) electrons. The number of hydrogen-bond donors (Lipinski definition) is 1. The van der Waals surface area contributed by atoms with Crippen molar-refractivity contribution in [3.8, 4) is 17.0 Å². The van der Waals surface area contributed by atoms with E-state index in [1.807, 2.05) is 30.3 Å². The summed E-state index contributed by atoms with van der Waals surface area (Å²) < 4.78 is 9.98. The maximum Gasteiger partial charge on any atom is 0.350 e. The third-order valence-electron chi connectivity index (χ3n) is 3.64. The molecule has 1 N–H and O–H groups in total. The molecule has 3 aromatic rings. The van der Waals surface area contributed by atoms with Crippen molar-refractivity contribution >= 4 is 51.9 Å². The predicted molar refractivity (Wildman–Crippen MR) is 113 cm³/mol. The lowest BCUT2D eigenvalue weighted by atomic mass is 10.1. The molecule has 0 aliphatic rings. The van der Waals surface area contributed by atoms with E-state index in [4.69, 9.17) is 32.7 Å². The third-order valence-corrected chi connectivity index (χ3v) is 5.15. The van der Waals surface area contributed by atoms with Crippen LogP contribution in [0.2, 0.25) is 10.0 Å². The van der Waals surface area contributed by atoms with E-state index in [9.17, 15) is 4.79 Å². The van der Waals surface area contributed by atoms with Crippen LogP contribution in [0.4, 0.5) is 5.13 Å². The van der Waals surface area contributed by atoms with Crippen molar-refractivity contribution in [1.29, 1.82) is 0 Å². The van der Waals surface area contributed by atoms with Crippen molar-refractivity contribution in [3.05, 3.63) is 63.0 Å². The molecular weight excluding hydrogens is 421 g/mol.